The number of ether oxygens (including phenoxy) is 3. The Kier molecular flexibility index (Phi) is 7.74. The van der Waals surface area contributed by atoms with Crippen LogP contribution in [0.3, 0.4) is 0 Å². The number of carbonyl (C=O) groups is 1. The van der Waals surface area contributed by atoms with Gasteiger partial charge in [0.2, 0.25) is 0 Å². The van der Waals surface area contributed by atoms with Crippen LogP contribution in [0.1, 0.15) is 38.2 Å². The van der Waals surface area contributed by atoms with Crippen LogP contribution in [0.2, 0.25) is 0 Å². The molecule has 1 atom stereocenters. The van der Waals surface area contributed by atoms with Crippen LogP contribution in [0.25, 0.3) is 0 Å². The maximum absolute atomic E-state index is 11.1. The highest BCUT2D eigenvalue weighted by atomic mass is 16.5. The molecule has 1 aromatic carbocycles. The van der Waals surface area contributed by atoms with Gasteiger partial charge < -0.3 is 19.3 Å². The van der Waals surface area contributed by atoms with Crippen LogP contribution in [0, 0.1) is 5.92 Å². The molecular formula is C17H26O5. The summed E-state index contributed by atoms with van der Waals surface area (Å²) in [5, 5.41) is 9.14. The number of hydrogen-bond acceptors (Lipinski definition) is 4. The van der Waals surface area contributed by atoms with Crippen molar-refractivity contribution in [1.29, 1.82) is 0 Å². The molecule has 0 fully saturated rings. The van der Waals surface area contributed by atoms with E-state index in [1.54, 1.807) is 20.3 Å². The van der Waals surface area contributed by atoms with E-state index in [0.717, 1.165) is 12.0 Å². The molecule has 22 heavy (non-hydrogen) atoms. The lowest BCUT2D eigenvalue weighted by molar-refractivity contribution is -0.137. The van der Waals surface area contributed by atoms with E-state index in [0.29, 0.717) is 30.6 Å². The molecule has 5 nitrogen and oxygen atoms in total. The quantitative estimate of drug-likeness (QED) is 0.672. The monoisotopic (exact) mass is 310 g/mol. The summed E-state index contributed by atoms with van der Waals surface area (Å²) in [7, 11) is 3.21. The van der Waals surface area contributed by atoms with Gasteiger partial charge in [0, 0.05) is 13.2 Å². The van der Waals surface area contributed by atoms with E-state index in [1.807, 2.05) is 12.1 Å². The lowest BCUT2D eigenvalue weighted by Gasteiger charge is -2.21. The van der Waals surface area contributed by atoms with Crippen molar-refractivity contribution in [3.8, 4) is 11.5 Å². The topological polar surface area (TPSA) is 65.0 Å². The Morgan fingerprint density at radius 2 is 1.95 bits per heavy atom. The van der Waals surface area contributed by atoms with Gasteiger partial charge >= 0.3 is 5.97 Å². The molecule has 1 rings (SSSR count). The molecule has 5 heteroatoms. The first-order chi connectivity index (χ1) is 10.5. The molecule has 0 amide bonds. The van der Waals surface area contributed by atoms with E-state index >= 15 is 0 Å². The fourth-order valence-electron chi connectivity index (χ4n) is 2.46. The minimum atomic E-state index is -0.798. The molecule has 1 unspecified atom stereocenters. The van der Waals surface area contributed by atoms with Gasteiger partial charge in [-0.15, -0.1) is 0 Å². The van der Waals surface area contributed by atoms with Gasteiger partial charge in [-0.3, -0.25) is 4.79 Å². The van der Waals surface area contributed by atoms with Crippen LogP contribution in [0.15, 0.2) is 18.2 Å². The standard InChI is InChI=1S/C17H26O5/c1-12(2)9-13(10-17(18)19)15-6-5-14(11-16(15)21-4)22-8-7-20-3/h5-6,11-13H,7-10H2,1-4H3,(H,18,19). The molecule has 0 bridgehead atoms. The van der Waals surface area contributed by atoms with Crippen LogP contribution in [-0.2, 0) is 9.53 Å². The predicted octanol–water partition coefficient (Wildman–Crippen LogP) is 3.32. The number of benzene rings is 1. The Hall–Kier alpha value is -1.75. The lowest BCUT2D eigenvalue weighted by Crippen LogP contribution is -2.11. The molecule has 0 spiro atoms. The second-order valence-electron chi connectivity index (χ2n) is 5.67. The van der Waals surface area contributed by atoms with Gasteiger partial charge in [-0.2, -0.15) is 0 Å². The van der Waals surface area contributed by atoms with Gasteiger partial charge in [0.1, 0.15) is 18.1 Å². The highest BCUT2D eigenvalue weighted by Gasteiger charge is 2.21. The maximum Gasteiger partial charge on any atom is 0.303 e. The van der Waals surface area contributed by atoms with E-state index < -0.39 is 5.97 Å². The highest BCUT2D eigenvalue weighted by molar-refractivity contribution is 5.68. The number of methoxy groups -OCH3 is 2. The Morgan fingerprint density at radius 3 is 2.50 bits per heavy atom. The molecule has 0 saturated heterocycles. The number of carboxylic acid groups (broad SMARTS) is 1. The molecule has 0 radical (unpaired) electrons. The van der Waals surface area contributed by atoms with Crippen molar-refractivity contribution in [3.05, 3.63) is 23.8 Å². The van der Waals surface area contributed by atoms with E-state index in [-0.39, 0.29) is 12.3 Å². The van der Waals surface area contributed by atoms with Crippen molar-refractivity contribution in [1.82, 2.24) is 0 Å². The third kappa shape index (κ3) is 5.93. The summed E-state index contributed by atoms with van der Waals surface area (Å²) in [6.07, 6.45) is 0.894. The van der Waals surface area contributed by atoms with Crippen LogP contribution < -0.4 is 9.47 Å². The van der Waals surface area contributed by atoms with Gasteiger partial charge in [-0.05, 0) is 29.9 Å². The second kappa shape index (κ2) is 9.30. The van der Waals surface area contributed by atoms with Crippen LogP contribution >= 0.6 is 0 Å². The molecule has 124 valence electrons. The first-order valence-electron chi connectivity index (χ1n) is 7.49. The van der Waals surface area contributed by atoms with Crippen LogP contribution in [-0.4, -0.2) is 38.5 Å². The minimum absolute atomic E-state index is 0.0690. The third-order valence-electron chi connectivity index (χ3n) is 3.38. The zero-order valence-electron chi connectivity index (χ0n) is 13.8. The Balaban J connectivity index is 2.96. The summed E-state index contributed by atoms with van der Waals surface area (Å²) in [6.45, 7) is 5.15. The zero-order valence-corrected chi connectivity index (χ0v) is 13.8. The molecule has 0 aliphatic carbocycles. The zero-order chi connectivity index (χ0) is 16.5. The fraction of sp³-hybridized carbons (Fsp3) is 0.588. The van der Waals surface area contributed by atoms with Gasteiger partial charge in [0.25, 0.3) is 0 Å². The number of hydrogen-bond donors (Lipinski definition) is 1. The SMILES string of the molecule is COCCOc1ccc(C(CC(=O)O)CC(C)C)c(OC)c1. The highest BCUT2D eigenvalue weighted by Crippen LogP contribution is 2.36. The normalized spacial score (nSPS) is 12.2. The Morgan fingerprint density at radius 1 is 1.23 bits per heavy atom. The molecule has 0 heterocycles. The average molecular weight is 310 g/mol. The summed E-state index contributed by atoms with van der Waals surface area (Å²) in [5.41, 5.74) is 0.915. The average Bonchev–Trinajstić information content (AvgIpc) is 2.45. The largest absolute Gasteiger partial charge is 0.496 e. The second-order valence-corrected chi connectivity index (χ2v) is 5.67. The van der Waals surface area contributed by atoms with Gasteiger partial charge in [-0.25, -0.2) is 0 Å². The summed E-state index contributed by atoms with van der Waals surface area (Å²) in [5.74, 6) is 0.901. The van der Waals surface area contributed by atoms with Crippen molar-refractivity contribution in [2.24, 2.45) is 5.92 Å². The number of rotatable bonds is 10. The molecule has 1 aromatic rings. The van der Waals surface area contributed by atoms with Crippen molar-refractivity contribution >= 4 is 5.97 Å². The fourth-order valence-corrected chi connectivity index (χ4v) is 2.46. The summed E-state index contributed by atoms with van der Waals surface area (Å²) >= 11 is 0. The van der Waals surface area contributed by atoms with E-state index in [9.17, 15) is 4.79 Å². The minimum Gasteiger partial charge on any atom is -0.496 e. The summed E-state index contributed by atoms with van der Waals surface area (Å²) < 4.78 is 15.9. The van der Waals surface area contributed by atoms with Gasteiger partial charge in [0.15, 0.2) is 0 Å². The molecule has 0 aliphatic heterocycles. The lowest BCUT2D eigenvalue weighted by atomic mass is 9.87. The molecule has 0 aliphatic rings. The van der Waals surface area contributed by atoms with Crippen molar-refractivity contribution in [2.75, 3.05) is 27.4 Å². The number of carboxylic acids is 1. The molecule has 1 N–H and O–H groups in total. The Labute approximate surface area is 132 Å². The first kappa shape index (κ1) is 18.3. The molecule has 0 saturated carbocycles. The Bertz CT molecular complexity index is 470. The van der Waals surface area contributed by atoms with E-state index in [4.69, 9.17) is 19.3 Å². The van der Waals surface area contributed by atoms with E-state index in [1.165, 1.54) is 0 Å². The molecular weight excluding hydrogens is 284 g/mol. The van der Waals surface area contributed by atoms with E-state index in [2.05, 4.69) is 13.8 Å². The predicted molar refractivity (Wildman–Crippen MR) is 84.8 cm³/mol. The van der Waals surface area contributed by atoms with Crippen molar-refractivity contribution < 1.29 is 24.1 Å². The summed E-state index contributed by atoms with van der Waals surface area (Å²) in [4.78, 5) is 11.1. The number of aliphatic carboxylic acids is 1. The molecule has 0 aromatic heterocycles. The third-order valence-corrected chi connectivity index (χ3v) is 3.38. The van der Waals surface area contributed by atoms with Crippen LogP contribution in [0.5, 0.6) is 11.5 Å². The van der Waals surface area contributed by atoms with Crippen LogP contribution in [0.4, 0.5) is 0 Å². The van der Waals surface area contributed by atoms with Gasteiger partial charge in [-0.1, -0.05) is 19.9 Å². The first-order valence-corrected chi connectivity index (χ1v) is 7.49. The van der Waals surface area contributed by atoms with Gasteiger partial charge in [0.05, 0.1) is 20.1 Å². The van der Waals surface area contributed by atoms with Crippen molar-refractivity contribution in [3.63, 3.8) is 0 Å². The smallest absolute Gasteiger partial charge is 0.303 e. The maximum atomic E-state index is 11.1. The van der Waals surface area contributed by atoms with Crippen molar-refractivity contribution in [2.45, 2.75) is 32.6 Å². The summed E-state index contributed by atoms with van der Waals surface area (Å²) in [6, 6.07) is 5.56.